The Bertz CT molecular complexity index is 211. The average molecular weight is 214 g/mol. The van der Waals surface area contributed by atoms with Crippen molar-refractivity contribution in [1.82, 2.24) is 10.8 Å². The quantitative estimate of drug-likeness (QED) is 0.647. The molecular weight excluding hydrogens is 196 g/mol. The first-order valence-corrected chi connectivity index (χ1v) is 5.64. The van der Waals surface area contributed by atoms with Crippen molar-refractivity contribution in [2.45, 2.75) is 37.9 Å². The molecule has 2 rings (SSSR count). The summed E-state index contributed by atoms with van der Waals surface area (Å²) in [5.41, 5.74) is 2.49. The number of amides is 1. The Morgan fingerprint density at radius 3 is 3.00 bits per heavy atom. The molecule has 0 bridgehead atoms. The number of hydroxylamine groups is 1. The molecule has 2 aliphatic rings. The number of ether oxygens (including phenoxy) is 1. The average Bonchev–Trinajstić information content (AvgIpc) is 2.81. The van der Waals surface area contributed by atoms with Crippen molar-refractivity contribution >= 4 is 5.91 Å². The molecule has 2 saturated heterocycles. The van der Waals surface area contributed by atoms with Gasteiger partial charge in [0.15, 0.2) is 0 Å². The van der Waals surface area contributed by atoms with Crippen molar-refractivity contribution < 1.29 is 14.4 Å². The summed E-state index contributed by atoms with van der Waals surface area (Å²) < 4.78 is 5.25. The molecule has 0 aromatic rings. The minimum atomic E-state index is -0.304. The minimum absolute atomic E-state index is 0.101. The van der Waals surface area contributed by atoms with Crippen LogP contribution in [0.25, 0.3) is 0 Å². The van der Waals surface area contributed by atoms with Gasteiger partial charge in [0.05, 0.1) is 6.10 Å². The van der Waals surface area contributed by atoms with E-state index < -0.39 is 0 Å². The third-order valence-corrected chi connectivity index (χ3v) is 2.80. The lowest BCUT2D eigenvalue weighted by atomic mass is 10.1. The second kappa shape index (κ2) is 5.44. The SMILES string of the molecule is O=C(NOC1CCCNC1)C1CCCO1. The predicted octanol–water partition coefficient (Wildman–Crippen LogP) is -0.0348. The number of rotatable bonds is 3. The molecule has 0 aromatic carbocycles. The maximum absolute atomic E-state index is 11.5. The highest BCUT2D eigenvalue weighted by molar-refractivity contribution is 5.79. The first-order valence-electron chi connectivity index (χ1n) is 5.64. The fraction of sp³-hybridized carbons (Fsp3) is 0.900. The van der Waals surface area contributed by atoms with Crippen molar-refractivity contribution in [2.24, 2.45) is 0 Å². The lowest BCUT2D eigenvalue weighted by Gasteiger charge is -2.23. The van der Waals surface area contributed by atoms with Crippen molar-refractivity contribution in [3.05, 3.63) is 0 Å². The summed E-state index contributed by atoms with van der Waals surface area (Å²) >= 11 is 0. The largest absolute Gasteiger partial charge is 0.368 e. The summed E-state index contributed by atoms with van der Waals surface area (Å²) in [6.45, 7) is 2.54. The second-order valence-electron chi connectivity index (χ2n) is 4.05. The van der Waals surface area contributed by atoms with Crippen LogP contribution < -0.4 is 10.8 Å². The van der Waals surface area contributed by atoms with Crippen LogP contribution in [0.2, 0.25) is 0 Å². The van der Waals surface area contributed by atoms with Crippen molar-refractivity contribution in [3.8, 4) is 0 Å². The first kappa shape index (κ1) is 10.9. The van der Waals surface area contributed by atoms with Gasteiger partial charge in [-0.05, 0) is 32.2 Å². The van der Waals surface area contributed by atoms with Gasteiger partial charge in [-0.3, -0.25) is 9.63 Å². The molecule has 2 atom stereocenters. The van der Waals surface area contributed by atoms with Crippen LogP contribution in [-0.4, -0.2) is 37.8 Å². The van der Waals surface area contributed by atoms with Crippen molar-refractivity contribution in [2.75, 3.05) is 19.7 Å². The van der Waals surface area contributed by atoms with Crippen LogP contribution in [0.15, 0.2) is 0 Å². The molecule has 2 fully saturated rings. The van der Waals surface area contributed by atoms with Gasteiger partial charge in [0.25, 0.3) is 5.91 Å². The highest BCUT2D eigenvalue weighted by Gasteiger charge is 2.24. The normalized spacial score (nSPS) is 31.5. The maximum atomic E-state index is 11.5. The summed E-state index contributed by atoms with van der Waals surface area (Å²) in [4.78, 5) is 16.8. The molecule has 0 spiro atoms. The summed E-state index contributed by atoms with van der Waals surface area (Å²) in [5.74, 6) is -0.141. The zero-order chi connectivity index (χ0) is 10.5. The highest BCUT2D eigenvalue weighted by atomic mass is 16.7. The molecule has 5 nitrogen and oxygen atoms in total. The van der Waals surface area contributed by atoms with Crippen LogP contribution in [-0.2, 0) is 14.4 Å². The van der Waals surface area contributed by atoms with E-state index >= 15 is 0 Å². The summed E-state index contributed by atoms with van der Waals surface area (Å²) in [6, 6.07) is 0. The molecule has 0 aliphatic carbocycles. The number of nitrogens with one attached hydrogen (secondary N) is 2. The Balaban J connectivity index is 1.65. The van der Waals surface area contributed by atoms with E-state index in [-0.39, 0.29) is 18.1 Å². The van der Waals surface area contributed by atoms with Crippen LogP contribution in [0.4, 0.5) is 0 Å². The zero-order valence-electron chi connectivity index (χ0n) is 8.83. The Hall–Kier alpha value is -0.650. The maximum Gasteiger partial charge on any atom is 0.272 e. The number of piperidine rings is 1. The van der Waals surface area contributed by atoms with Gasteiger partial charge in [0.1, 0.15) is 6.10 Å². The molecule has 0 saturated carbocycles. The third kappa shape index (κ3) is 3.15. The molecule has 15 heavy (non-hydrogen) atoms. The van der Waals surface area contributed by atoms with Gasteiger partial charge >= 0.3 is 0 Å². The number of carbonyl (C=O) groups excluding carboxylic acids is 1. The summed E-state index contributed by atoms with van der Waals surface area (Å²) in [6.07, 6.45) is 3.66. The standard InChI is InChI=1S/C10H18N2O3/c13-10(9-4-2-6-14-9)12-15-8-3-1-5-11-7-8/h8-9,11H,1-7H2,(H,12,13). The Morgan fingerprint density at radius 2 is 2.33 bits per heavy atom. The lowest BCUT2D eigenvalue weighted by Crippen LogP contribution is -2.42. The van der Waals surface area contributed by atoms with Gasteiger partial charge in [0.2, 0.25) is 0 Å². The van der Waals surface area contributed by atoms with E-state index in [0.717, 1.165) is 38.8 Å². The van der Waals surface area contributed by atoms with Gasteiger partial charge in [-0.15, -0.1) is 0 Å². The first-order chi connectivity index (χ1) is 7.36. The number of carbonyl (C=O) groups is 1. The topological polar surface area (TPSA) is 59.6 Å². The monoisotopic (exact) mass is 214 g/mol. The molecule has 1 amide bonds. The molecule has 2 N–H and O–H groups in total. The van der Waals surface area contributed by atoms with E-state index in [0.29, 0.717) is 6.61 Å². The van der Waals surface area contributed by atoms with Gasteiger partial charge < -0.3 is 10.1 Å². The van der Waals surface area contributed by atoms with Crippen LogP contribution in [0.1, 0.15) is 25.7 Å². The minimum Gasteiger partial charge on any atom is -0.368 e. The third-order valence-electron chi connectivity index (χ3n) is 2.80. The van der Waals surface area contributed by atoms with Gasteiger partial charge in [-0.1, -0.05) is 0 Å². The Labute approximate surface area is 89.5 Å². The molecule has 2 unspecified atom stereocenters. The lowest BCUT2D eigenvalue weighted by molar-refractivity contribution is -0.148. The fourth-order valence-electron chi connectivity index (χ4n) is 1.91. The fourth-order valence-corrected chi connectivity index (χ4v) is 1.91. The number of hydrogen-bond acceptors (Lipinski definition) is 4. The van der Waals surface area contributed by atoms with Crippen LogP contribution >= 0.6 is 0 Å². The van der Waals surface area contributed by atoms with Crippen molar-refractivity contribution in [1.29, 1.82) is 0 Å². The molecule has 2 aliphatic heterocycles. The van der Waals surface area contributed by atoms with Gasteiger partial charge in [0, 0.05) is 13.2 Å². The highest BCUT2D eigenvalue weighted by Crippen LogP contribution is 2.12. The van der Waals surface area contributed by atoms with E-state index in [1.165, 1.54) is 0 Å². The predicted molar refractivity (Wildman–Crippen MR) is 54.1 cm³/mol. The van der Waals surface area contributed by atoms with Crippen LogP contribution in [0.5, 0.6) is 0 Å². The Kier molecular flexibility index (Phi) is 3.94. The summed E-state index contributed by atoms with van der Waals surface area (Å²) in [7, 11) is 0. The molecule has 86 valence electrons. The zero-order valence-corrected chi connectivity index (χ0v) is 8.83. The van der Waals surface area contributed by atoms with E-state index in [2.05, 4.69) is 10.8 Å². The van der Waals surface area contributed by atoms with Gasteiger partial charge in [-0.2, -0.15) is 0 Å². The smallest absolute Gasteiger partial charge is 0.272 e. The van der Waals surface area contributed by atoms with Crippen LogP contribution in [0.3, 0.4) is 0 Å². The van der Waals surface area contributed by atoms with Gasteiger partial charge in [-0.25, -0.2) is 5.48 Å². The van der Waals surface area contributed by atoms with E-state index in [9.17, 15) is 4.79 Å². The number of hydrogen-bond donors (Lipinski definition) is 2. The second-order valence-corrected chi connectivity index (χ2v) is 4.05. The summed E-state index contributed by atoms with van der Waals surface area (Å²) in [5, 5.41) is 3.22. The Morgan fingerprint density at radius 1 is 1.40 bits per heavy atom. The molecule has 2 heterocycles. The van der Waals surface area contributed by atoms with E-state index in [4.69, 9.17) is 9.57 Å². The molecular formula is C10H18N2O3. The molecule has 0 radical (unpaired) electrons. The van der Waals surface area contributed by atoms with Crippen molar-refractivity contribution in [3.63, 3.8) is 0 Å². The molecule has 5 heteroatoms. The van der Waals surface area contributed by atoms with E-state index in [1.54, 1.807) is 0 Å². The van der Waals surface area contributed by atoms with E-state index in [1.807, 2.05) is 0 Å². The molecule has 0 aromatic heterocycles. The van der Waals surface area contributed by atoms with Crippen LogP contribution in [0, 0.1) is 0 Å².